The van der Waals surface area contributed by atoms with Crippen LogP contribution in [0, 0.1) is 11.3 Å². The lowest BCUT2D eigenvalue weighted by Crippen LogP contribution is -2.67. The van der Waals surface area contributed by atoms with Gasteiger partial charge in [0.15, 0.2) is 12.1 Å². The fourth-order valence-electron chi connectivity index (χ4n) is 4.07. The van der Waals surface area contributed by atoms with Gasteiger partial charge in [0.1, 0.15) is 11.7 Å². The minimum Gasteiger partial charge on any atom is -0.396 e. The van der Waals surface area contributed by atoms with Gasteiger partial charge >= 0.3 is 0 Å². The molecule has 21 heavy (non-hydrogen) atoms. The molecule has 3 rings (SSSR count). The van der Waals surface area contributed by atoms with Crippen LogP contribution in [0.3, 0.4) is 0 Å². The van der Waals surface area contributed by atoms with Gasteiger partial charge in [-0.05, 0) is 13.8 Å². The first-order valence-corrected chi connectivity index (χ1v) is 7.32. The number of ether oxygens (including phenoxy) is 3. The highest BCUT2D eigenvalue weighted by Gasteiger charge is 2.71. The van der Waals surface area contributed by atoms with E-state index in [0.29, 0.717) is 0 Å². The Morgan fingerprint density at radius 1 is 1.14 bits per heavy atom. The van der Waals surface area contributed by atoms with Crippen LogP contribution in [0.5, 0.6) is 0 Å². The van der Waals surface area contributed by atoms with Gasteiger partial charge in [0.2, 0.25) is 0 Å². The van der Waals surface area contributed by atoms with E-state index in [2.05, 4.69) is 0 Å². The van der Waals surface area contributed by atoms with Crippen LogP contribution in [0.25, 0.3) is 0 Å². The molecule has 3 fully saturated rings. The van der Waals surface area contributed by atoms with E-state index in [1.165, 1.54) is 0 Å². The van der Waals surface area contributed by atoms with Crippen LogP contribution in [-0.4, -0.2) is 69.6 Å². The van der Waals surface area contributed by atoms with Crippen molar-refractivity contribution in [3.8, 4) is 0 Å². The summed E-state index contributed by atoms with van der Waals surface area (Å²) in [6, 6.07) is 0. The first-order chi connectivity index (χ1) is 9.69. The highest BCUT2D eigenvalue weighted by atomic mass is 16.8. The third-order valence-electron chi connectivity index (χ3n) is 5.40. The molecule has 0 aromatic rings. The van der Waals surface area contributed by atoms with Gasteiger partial charge in [-0.3, -0.25) is 0 Å². The maximum absolute atomic E-state index is 11.2. The number of fused-ring (bicyclic) bond motifs is 3. The van der Waals surface area contributed by atoms with Crippen molar-refractivity contribution in [2.75, 3.05) is 13.2 Å². The molecule has 2 heterocycles. The Balaban J connectivity index is 2.00. The Bertz CT molecular complexity index is 428. The van der Waals surface area contributed by atoms with E-state index in [1.54, 1.807) is 20.8 Å². The average molecular weight is 304 g/mol. The molecule has 7 nitrogen and oxygen atoms in total. The van der Waals surface area contributed by atoms with Crippen molar-refractivity contribution < 1.29 is 34.6 Å². The number of hydrogen-bond donors (Lipinski definition) is 4. The maximum Gasteiger partial charge on any atom is 0.190 e. The lowest BCUT2D eigenvalue weighted by atomic mass is 9.57. The first-order valence-electron chi connectivity index (χ1n) is 7.32. The molecule has 4 N–H and O–H groups in total. The van der Waals surface area contributed by atoms with Gasteiger partial charge in [-0.15, -0.1) is 0 Å². The Kier molecular flexibility index (Phi) is 3.43. The molecule has 0 radical (unpaired) electrons. The van der Waals surface area contributed by atoms with Crippen LogP contribution in [-0.2, 0) is 14.2 Å². The summed E-state index contributed by atoms with van der Waals surface area (Å²) in [5.74, 6) is -1.67. The topological polar surface area (TPSA) is 109 Å². The fraction of sp³-hybridized carbons (Fsp3) is 1.00. The zero-order valence-corrected chi connectivity index (χ0v) is 12.5. The maximum atomic E-state index is 11.2. The summed E-state index contributed by atoms with van der Waals surface area (Å²) >= 11 is 0. The van der Waals surface area contributed by atoms with Crippen LogP contribution in [0.4, 0.5) is 0 Å². The lowest BCUT2D eigenvalue weighted by Gasteiger charge is -2.53. The standard InChI is InChI=1S/C14H24O7/c1-12(2)20-10-11(21-12)19-9-4-8(17)13(3,6-16)7(5-15)14(9,10)18/h7-11,15-18H,4-6H2,1-3H3/t7-,8+,9-,10+,11-,13+,14-/m1/s1. The van der Waals surface area contributed by atoms with Crippen LogP contribution >= 0.6 is 0 Å². The summed E-state index contributed by atoms with van der Waals surface area (Å²) in [7, 11) is 0. The molecule has 0 spiro atoms. The third kappa shape index (κ3) is 1.92. The van der Waals surface area contributed by atoms with Crippen molar-refractivity contribution in [1.82, 2.24) is 0 Å². The highest BCUT2D eigenvalue weighted by Crippen LogP contribution is 2.56. The molecule has 2 saturated heterocycles. The van der Waals surface area contributed by atoms with E-state index in [-0.39, 0.29) is 13.0 Å². The second-order valence-electron chi connectivity index (χ2n) is 7.09. The predicted octanol–water partition coefficient (Wildman–Crippen LogP) is -1.03. The van der Waals surface area contributed by atoms with Crippen molar-refractivity contribution >= 4 is 0 Å². The van der Waals surface area contributed by atoms with E-state index in [1.807, 2.05) is 0 Å². The minimum absolute atomic E-state index is 0.157. The molecule has 3 aliphatic rings. The van der Waals surface area contributed by atoms with Gasteiger partial charge in [0.05, 0.1) is 18.8 Å². The Morgan fingerprint density at radius 3 is 2.38 bits per heavy atom. The lowest BCUT2D eigenvalue weighted by molar-refractivity contribution is -0.276. The summed E-state index contributed by atoms with van der Waals surface area (Å²) in [6.07, 6.45) is -2.93. The van der Waals surface area contributed by atoms with Crippen molar-refractivity contribution in [3.63, 3.8) is 0 Å². The molecule has 7 atom stereocenters. The van der Waals surface area contributed by atoms with Crippen LogP contribution in [0.2, 0.25) is 0 Å². The van der Waals surface area contributed by atoms with Crippen molar-refractivity contribution in [2.24, 2.45) is 11.3 Å². The molecule has 0 unspecified atom stereocenters. The molecular weight excluding hydrogens is 280 g/mol. The van der Waals surface area contributed by atoms with Gasteiger partial charge in [-0.1, -0.05) is 6.92 Å². The zero-order valence-electron chi connectivity index (χ0n) is 12.5. The van der Waals surface area contributed by atoms with Crippen LogP contribution in [0.15, 0.2) is 0 Å². The van der Waals surface area contributed by atoms with Gasteiger partial charge in [-0.25, -0.2) is 0 Å². The van der Waals surface area contributed by atoms with E-state index in [9.17, 15) is 20.4 Å². The van der Waals surface area contributed by atoms with Gasteiger partial charge in [0.25, 0.3) is 0 Å². The van der Waals surface area contributed by atoms with Crippen molar-refractivity contribution in [3.05, 3.63) is 0 Å². The SMILES string of the molecule is CC1(C)O[C@H]2O[C@@H]3C[C@H](O)[C@@](C)(CO)[C@@H](CO)[C@]3(O)[C@H]2O1. The van der Waals surface area contributed by atoms with Gasteiger partial charge in [0, 0.05) is 24.4 Å². The zero-order chi connectivity index (χ0) is 15.6. The average Bonchev–Trinajstić information content (AvgIpc) is 2.83. The molecule has 2 aliphatic heterocycles. The second-order valence-corrected chi connectivity index (χ2v) is 7.09. The monoisotopic (exact) mass is 304 g/mol. The van der Waals surface area contributed by atoms with E-state index in [4.69, 9.17) is 14.2 Å². The predicted molar refractivity (Wildman–Crippen MR) is 70.0 cm³/mol. The summed E-state index contributed by atoms with van der Waals surface area (Å²) in [4.78, 5) is 0. The van der Waals surface area contributed by atoms with E-state index < -0.39 is 53.9 Å². The summed E-state index contributed by atoms with van der Waals surface area (Å²) in [6.45, 7) is 4.36. The molecule has 0 bridgehead atoms. The molecule has 0 amide bonds. The normalized spacial score (nSPS) is 55.3. The largest absolute Gasteiger partial charge is 0.396 e. The number of aliphatic hydroxyl groups excluding tert-OH is 3. The van der Waals surface area contributed by atoms with E-state index >= 15 is 0 Å². The molecule has 122 valence electrons. The Labute approximate surface area is 123 Å². The fourth-order valence-corrected chi connectivity index (χ4v) is 4.07. The van der Waals surface area contributed by atoms with E-state index in [0.717, 1.165) is 0 Å². The second kappa shape index (κ2) is 4.61. The molecular formula is C14H24O7. The van der Waals surface area contributed by atoms with Crippen molar-refractivity contribution in [1.29, 1.82) is 0 Å². The third-order valence-corrected chi connectivity index (χ3v) is 5.40. The van der Waals surface area contributed by atoms with Gasteiger partial charge in [-0.2, -0.15) is 0 Å². The van der Waals surface area contributed by atoms with Crippen LogP contribution in [0.1, 0.15) is 27.2 Å². The van der Waals surface area contributed by atoms with Crippen molar-refractivity contribution in [2.45, 2.75) is 63.2 Å². The smallest absolute Gasteiger partial charge is 0.190 e. The Hall–Kier alpha value is -0.280. The quantitative estimate of drug-likeness (QED) is 0.516. The molecule has 0 aromatic carbocycles. The molecule has 0 aromatic heterocycles. The van der Waals surface area contributed by atoms with Crippen LogP contribution < -0.4 is 0 Å². The minimum atomic E-state index is -1.51. The highest BCUT2D eigenvalue weighted by molar-refractivity contribution is 5.16. The number of rotatable bonds is 2. The summed E-state index contributed by atoms with van der Waals surface area (Å²) in [5.41, 5.74) is -2.54. The summed E-state index contributed by atoms with van der Waals surface area (Å²) in [5, 5.41) is 41.1. The molecule has 7 heteroatoms. The summed E-state index contributed by atoms with van der Waals surface area (Å²) < 4.78 is 17.1. The molecule has 1 aliphatic carbocycles. The Morgan fingerprint density at radius 2 is 1.81 bits per heavy atom. The number of hydrogen-bond acceptors (Lipinski definition) is 7. The van der Waals surface area contributed by atoms with Gasteiger partial charge < -0.3 is 34.6 Å². The molecule has 1 saturated carbocycles. The number of aliphatic hydroxyl groups is 4. The first kappa shape index (κ1) is 15.6.